The first-order chi connectivity index (χ1) is 9.62. The first-order valence-corrected chi connectivity index (χ1v) is 10.2. The molecule has 0 N–H and O–H groups in total. The molecular formula is C18H40NS+. The highest BCUT2D eigenvalue weighted by Gasteiger charge is 2.13. The van der Waals surface area contributed by atoms with Crippen LogP contribution in [-0.4, -0.2) is 36.8 Å². The molecule has 0 aromatic heterocycles. The van der Waals surface area contributed by atoms with Crippen LogP contribution in [0.4, 0.5) is 0 Å². The molecule has 0 fully saturated rings. The lowest BCUT2D eigenvalue weighted by Gasteiger charge is -2.29. The van der Waals surface area contributed by atoms with E-state index in [2.05, 4.69) is 39.7 Å². The standard InChI is InChI=1S/C18H40NS/c1-5-7-8-9-10-11-12-13-14-15-16-19(3,4)18-20-17-6-2/h5-18H2,1-4H3/q+1. The van der Waals surface area contributed by atoms with E-state index in [1.807, 2.05) is 0 Å². The fourth-order valence-electron chi connectivity index (χ4n) is 2.55. The van der Waals surface area contributed by atoms with E-state index >= 15 is 0 Å². The molecule has 0 aliphatic rings. The van der Waals surface area contributed by atoms with Crippen molar-refractivity contribution in [1.82, 2.24) is 0 Å². The van der Waals surface area contributed by atoms with Crippen LogP contribution in [0.3, 0.4) is 0 Å². The number of nitrogens with zero attached hydrogens (tertiary/aromatic N) is 1. The summed E-state index contributed by atoms with van der Waals surface area (Å²) in [5, 5.41) is 0. The van der Waals surface area contributed by atoms with Crippen LogP contribution in [0, 0.1) is 0 Å². The molecule has 0 amide bonds. The highest BCUT2D eigenvalue weighted by atomic mass is 32.2. The van der Waals surface area contributed by atoms with Gasteiger partial charge in [0.25, 0.3) is 0 Å². The summed E-state index contributed by atoms with van der Waals surface area (Å²) in [6.45, 7) is 5.92. The van der Waals surface area contributed by atoms with Gasteiger partial charge in [-0.2, -0.15) is 0 Å². The van der Waals surface area contributed by atoms with Crippen molar-refractivity contribution in [3.63, 3.8) is 0 Å². The van der Waals surface area contributed by atoms with E-state index in [4.69, 9.17) is 0 Å². The number of unbranched alkanes of at least 4 members (excludes halogenated alkanes) is 9. The van der Waals surface area contributed by atoms with E-state index in [9.17, 15) is 0 Å². The first-order valence-electron chi connectivity index (χ1n) is 9.02. The molecule has 0 saturated heterocycles. The second-order valence-electron chi connectivity index (χ2n) is 6.88. The quantitative estimate of drug-likeness (QED) is 0.200. The van der Waals surface area contributed by atoms with Crippen molar-refractivity contribution < 1.29 is 4.48 Å². The Balaban J connectivity index is 3.25. The lowest BCUT2D eigenvalue weighted by Crippen LogP contribution is -2.40. The minimum Gasteiger partial charge on any atom is -0.320 e. The number of hydrogen-bond donors (Lipinski definition) is 0. The van der Waals surface area contributed by atoms with Crippen molar-refractivity contribution in [2.24, 2.45) is 0 Å². The van der Waals surface area contributed by atoms with Gasteiger partial charge in [0.05, 0.1) is 20.6 Å². The molecule has 0 atom stereocenters. The Hall–Kier alpha value is 0.310. The molecule has 1 nitrogen and oxygen atoms in total. The molecule has 0 aromatic rings. The zero-order valence-corrected chi connectivity index (χ0v) is 15.6. The molecular weight excluding hydrogens is 262 g/mol. The van der Waals surface area contributed by atoms with Crippen LogP contribution in [-0.2, 0) is 0 Å². The molecule has 0 spiro atoms. The van der Waals surface area contributed by atoms with Gasteiger partial charge < -0.3 is 4.48 Å². The van der Waals surface area contributed by atoms with Crippen LogP contribution in [0.15, 0.2) is 0 Å². The second kappa shape index (κ2) is 14.3. The predicted octanol–water partition coefficient (Wildman–Crippen LogP) is 6.08. The Morgan fingerprint density at radius 1 is 0.650 bits per heavy atom. The van der Waals surface area contributed by atoms with E-state index in [-0.39, 0.29) is 0 Å². The van der Waals surface area contributed by atoms with Crippen LogP contribution >= 0.6 is 11.8 Å². The van der Waals surface area contributed by atoms with Gasteiger partial charge in [-0.05, 0) is 25.0 Å². The van der Waals surface area contributed by atoms with E-state index in [1.165, 1.54) is 93.3 Å². The maximum absolute atomic E-state index is 2.39. The molecule has 0 rings (SSSR count). The van der Waals surface area contributed by atoms with Crippen molar-refractivity contribution in [2.75, 3.05) is 32.3 Å². The fourth-order valence-corrected chi connectivity index (χ4v) is 3.59. The zero-order chi connectivity index (χ0) is 15.1. The first kappa shape index (κ1) is 20.3. The van der Waals surface area contributed by atoms with E-state index in [0.29, 0.717) is 0 Å². The monoisotopic (exact) mass is 302 g/mol. The van der Waals surface area contributed by atoms with Crippen molar-refractivity contribution >= 4 is 11.8 Å². The fraction of sp³-hybridized carbons (Fsp3) is 1.00. The van der Waals surface area contributed by atoms with Crippen molar-refractivity contribution in [3.8, 4) is 0 Å². The average Bonchev–Trinajstić information content (AvgIpc) is 2.41. The van der Waals surface area contributed by atoms with Gasteiger partial charge in [-0.15, -0.1) is 11.8 Å². The minimum atomic E-state index is 1.20. The van der Waals surface area contributed by atoms with Crippen LogP contribution in [0.5, 0.6) is 0 Å². The highest BCUT2D eigenvalue weighted by molar-refractivity contribution is 7.99. The normalized spacial score (nSPS) is 12.0. The SMILES string of the molecule is CCCCCCCCCCCC[N+](C)(C)CSCCC. The lowest BCUT2D eigenvalue weighted by molar-refractivity contribution is -0.877. The Bertz CT molecular complexity index is 192. The lowest BCUT2D eigenvalue weighted by atomic mass is 10.1. The number of hydrogen-bond acceptors (Lipinski definition) is 1. The van der Waals surface area contributed by atoms with E-state index < -0.39 is 0 Å². The summed E-state index contributed by atoms with van der Waals surface area (Å²) in [5.41, 5.74) is 0. The molecule has 122 valence electrons. The van der Waals surface area contributed by atoms with Gasteiger partial charge in [-0.25, -0.2) is 0 Å². The van der Waals surface area contributed by atoms with Gasteiger partial charge in [0.1, 0.15) is 5.88 Å². The molecule has 0 aromatic carbocycles. The van der Waals surface area contributed by atoms with Crippen LogP contribution in [0.1, 0.15) is 84.5 Å². The molecule has 20 heavy (non-hydrogen) atoms. The zero-order valence-electron chi connectivity index (χ0n) is 14.8. The molecule has 0 aliphatic carbocycles. The average molecular weight is 303 g/mol. The van der Waals surface area contributed by atoms with Gasteiger partial charge in [0, 0.05) is 0 Å². The summed E-state index contributed by atoms with van der Waals surface area (Å²) in [7, 11) is 4.77. The summed E-state index contributed by atoms with van der Waals surface area (Å²) >= 11 is 2.11. The molecule has 0 unspecified atom stereocenters. The molecule has 0 aliphatic heterocycles. The third-order valence-corrected chi connectivity index (χ3v) is 5.48. The Morgan fingerprint density at radius 2 is 1.15 bits per heavy atom. The van der Waals surface area contributed by atoms with Crippen LogP contribution in [0.25, 0.3) is 0 Å². The smallest absolute Gasteiger partial charge is 0.125 e. The number of rotatable bonds is 15. The Kier molecular flexibility index (Phi) is 14.5. The van der Waals surface area contributed by atoms with Gasteiger partial charge in [0.15, 0.2) is 0 Å². The summed E-state index contributed by atoms with van der Waals surface area (Å²) in [6, 6.07) is 0. The van der Waals surface area contributed by atoms with Gasteiger partial charge >= 0.3 is 0 Å². The summed E-state index contributed by atoms with van der Waals surface area (Å²) in [4.78, 5) is 0. The molecule has 0 radical (unpaired) electrons. The molecule has 0 heterocycles. The molecule has 0 bridgehead atoms. The number of thioether (sulfide) groups is 1. The summed E-state index contributed by atoms with van der Waals surface area (Å²) in [6.07, 6.45) is 15.7. The predicted molar refractivity (Wildman–Crippen MR) is 96.4 cm³/mol. The van der Waals surface area contributed by atoms with Crippen molar-refractivity contribution in [1.29, 1.82) is 0 Å². The number of quaternary nitrogens is 1. The van der Waals surface area contributed by atoms with E-state index in [1.54, 1.807) is 0 Å². The summed E-state index contributed by atoms with van der Waals surface area (Å²) < 4.78 is 1.20. The van der Waals surface area contributed by atoms with Crippen LogP contribution < -0.4 is 0 Å². The maximum atomic E-state index is 2.39. The topological polar surface area (TPSA) is 0 Å². The minimum absolute atomic E-state index is 1.20. The Morgan fingerprint density at radius 3 is 1.65 bits per heavy atom. The third-order valence-electron chi connectivity index (χ3n) is 3.91. The largest absolute Gasteiger partial charge is 0.320 e. The maximum Gasteiger partial charge on any atom is 0.125 e. The van der Waals surface area contributed by atoms with E-state index in [0.717, 1.165) is 0 Å². The van der Waals surface area contributed by atoms with Crippen molar-refractivity contribution in [2.45, 2.75) is 84.5 Å². The highest BCUT2D eigenvalue weighted by Crippen LogP contribution is 2.14. The molecule has 0 saturated carbocycles. The van der Waals surface area contributed by atoms with Crippen molar-refractivity contribution in [3.05, 3.63) is 0 Å². The summed E-state index contributed by atoms with van der Waals surface area (Å²) in [5.74, 6) is 2.60. The van der Waals surface area contributed by atoms with Gasteiger partial charge in [-0.1, -0.05) is 65.2 Å². The van der Waals surface area contributed by atoms with Gasteiger partial charge in [0.2, 0.25) is 0 Å². The second-order valence-corrected chi connectivity index (χ2v) is 7.95. The molecule has 2 heteroatoms. The third kappa shape index (κ3) is 14.7. The van der Waals surface area contributed by atoms with Gasteiger partial charge in [-0.3, -0.25) is 0 Å². The van der Waals surface area contributed by atoms with Crippen LogP contribution in [0.2, 0.25) is 0 Å². The Labute approximate surface area is 133 Å².